The van der Waals surface area contributed by atoms with Crippen LogP contribution in [0.4, 0.5) is 5.82 Å². The van der Waals surface area contributed by atoms with Crippen molar-refractivity contribution < 1.29 is 4.79 Å². The Balaban J connectivity index is 1.37. The van der Waals surface area contributed by atoms with E-state index in [9.17, 15) is 4.79 Å². The molecule has 2 N–H and O–H groups in total. The van der Waals surface area contributed by atoms with Crippen LogP contribution in [0.25, 0.3) is 0 Å². The summed E-state index contributed by atoms with van der Waals surface area (Å²) in [5.41, 5.74) is 11.0. The third-order valence-electron chi connectivity index (χ3n) is 6.04. The van der Waals surface area contributed by atoms with Crippen LogP contribution in [-0.4, -0.2) is 53.0 Å². The summed E-state index contributed by atoms with van der Waals surface area (Å²) in [5, 5.41) is 0. The molecule has 1 amide bonds. The van der Waals surface area contributed by atoms with Crippen LogP contribution in [0.5, 0.6) is 0 Å². The van der Waals surface area contributed by atoms with Crippen LogP contribution in [0.1, 0.15) is 41.6 Å². The van der Waals surface area contributed by atoms with Crippen molar-refractivity contribution in [1.29, 1.82) is 0 Å². The summed E-state index contributed by atoms with van der Waals surface area (Å²) < 4.78 is 0. The summed E-state index contributed by atoms with van der Waals surface area (Å²) in [6, 6.07) is 7.74. The standard InChI is InChI=1S/C22H29N5O/c1-15-3-6-17(7-4-15)13-18(23)22(28)27-11-9-26(10-12-27)21-20-16(2)5-8-19(20)24-14-25-21/h3-4,6-7,14,16,18H,5,8-13,23H2,1-2H3. The third kappa shape index (κ3) is 3.74. The second-order valence-corrected chi connectivity index (χ2v) is 8.11. The van der Waals surface area contributed by atoms with Crippen molar-refractivity contribution in [3.8, 4) is 0 Å². The number of hydrogen-bond acceptors (Lipinski definition) is 5. The molecule has 0 spiro atoms. The smallest absolute Gasteiger partial charge is 0.239 e. The van der Waals surface area contributed by atoms with Gasteiger partial charge in [-0.3, -0.25) is 4.79 Å². The normalized spacial score (nSPS) is 20.2. The molecule has 0 radical (unpaired) electrons. The monoisotopic (exact) mass is 379 g/mol. The lowest BCUT2D eigenvalue weighted by molar-refractivity contribution is -0.132. The van der Waals surface area contributed by atoms with Crippen molar-refractivity contribution in [3.05, 3.63) is 53.0 Å². The van der Waals surface area contributed by atoms with E-state index in [0.29, 0.717) is 25.4 Å². The third-order valence-corrected chi connectivity index (χ3v) is 6.04. The van der Waals surface area contributed by atoms with Gasteiger partial charge in [0.1, 0.15) is 12.1 Å². The zero-order valence-corrected chi connectivity index (χ0v) is 16.8. The van der Waals surface area contributed by atoms with Gasteiger partial charge in [-0.05, 0) is 37.7 Å². The van der Waals surface area contributed by atoms with E-state index >= 15 is 0 Å². The molecule has 0 bridgehead atoms. The highest BCUT2D eigenvalue weighted by molar-refractivity contribution is 5.82. The second-order valence-electron chi connectivity index (χ2n) is 8.11. The lowest BCUT2D eigenvalue weighted by Crippen LogP contribution is -2.54. The van der Waals surface area contributed by atoms with Gasteiger partial charge in [0.05, 0.1) is 6.04 Å². The van der Waals surface area contributed by atoms with Gasteiger partial charge in [-0.2, -0.15) is 0 Å². The van der Waals surface area contributed by atoms with Crippen molar-refractivity contribution in [1.82, 2.24) is 14.9 Å². The highest BCUT2D eigenvalue weighted by Gasteiger charge is 2.30. The lowest BCUT2D eigenvalue weighted by atomic mass is 10.0. The molecule has 4 rings (SSSR count). The first kappa shape index (κ1) is 18.9. The Morgan fingerprint density at radius 3 is 2.61 bits per heavy atom. The Kier molecular flexibility index (Phi) is 5.31. The fraction of sp³-hybridized carbons (Fsp3) is 0.500. The Bertz CT molecular complexity index is 843. The Hall–Kier alpha value is -2.47. The first-order chi connectivity index (χ1) is 13.5. The van der Waals surface area contributed by atoms with E-state index in [4.69, 9.17) is 5.73 Å². The van der Waals surface area contributed by atoms with Crippen LogP contribution in [0.15, 0.2) is 30.6 Å². The maximum Gasteiger partial charge on any atom is 0.239 e. The average Bonchev–Trinajstić information content (AvgIpc) is 3.10. The molecule has 6 heteroatoms. The average molecular weight is 380 g/mol. The van der Waals surface area contributed by atoms with Crippen molar-refractivity contribution in [2.45, 2.75) is 45.1 Å². The lowest BCUT2D eigenvalue weighted by Gasteiger charge is -2.37. The molecule has 6 nitrogen and oxygen atoms in total. The van der Waals surface area contributed by atoms with Crippen molar-refractivity contribution in [2.75, 3.05) is 31.1 Å². The predicted molar refractivity (Wildman–Crippen MR) is 110 cm³/mol. The molecule has 1 aromatic carbocycles. The minimum Gasteiger partial charge on any atom is -0.353 e. The van der Waals surface area contributed by atoms with Crippen LogP contribution in [0.2, 0.25) is 0 Å². The molecular weight excluding hydrogens is 350 g/mol. The molecule has 2 atom stereocenters. The fourth-order valence-corrected chi connectivity index (χ4v) is 4.31. The van der Waals surface area contributed by atoms with Crippen LogP contribution in [0.3, 0.4) is 0 Å². The van der Waals surface area contributed by atoms with Gasteiger partial charge < -0.3 is 15.5 Å². The van der Waals surface area contributed by atoms with E-state index in [0.717, 1.165) is 37.3 Å². The molecule has 28 heavy (non-hydrogen) atoms. The van der Waals surface area contributed by atoms with Crippen LogP contribution >= 0.6 is 0 Å². The SMILES string of the molecule is Cc1ccc(CC(N)C(=O)N2CCN(c3ncnc4c3C(C)CC4)CC2)cc1. The van der Waals surface area contributed by atoms with E-state index < -0.39 is 6.04 Å². The number of benzene rings is 1. The number of aryl methyl sites for hydroxylation is 2. The number of amides is 1. The predicted octanol–water partition coefficient (Wildman–Crippen LogP) is 2.05. The van der Waals surface area contributed by atoms with Crippen molar-refractivity contribution >= 4 is 11.7 Å². The van der Waals surface area contributed by atoms with Crippen molar-refractivity contribution in [3.63, 3.8) is 0 Å². The fourth-order valence-electron chi connectivity index (χ4n) is 4.31. The zero-order valence-electron chi connectivity index (χ0n) is 16.8. The molecule has 148 valence electrons. The number of anilines is 1. The quantitative estimate of drug-likeness (QED) is 0.880. The van der Waals surface area contributed by atoms with Gasteiger partial charge >= 0.3 is 0 Å². The summed E-state index contributed by atoms with van der Waals surface area (Å²) in [4.78, 5) is 26.1. The minimum atomic E-state index is -0.488. The van der Waals surface area contributed by atoms with Gasteiger partial charge in [0, 0.05) is 37.4 Å². The molecule has 0 saturated carbocycles. The van der Waals surface area contributed by atoms with Gasteiger partial charge in [-0.25, -0.2) is 9.97 Å². The highest BCUT2D eigenvalue weighted by Crippen LogP contribution is 2.37. The van der Waals surface area contributed by atoms with Crippen LogP contribution < -0.4 is 10.6 Å². The molecule has 2 aromatic rings. The molecule has 1 aromatic heterocycles. The zero-order chi connectivity index (χ0) is 19.7. The highest BCUT2D eigenvalue weighted by atomic mass is 16.2. The van der Waals surface area contributed by atoms with Crippen LogP contribution in [-0.2, 0) is 17.6 Å². The van der Waals surface area contributed by atoms with E-state index in [-0.39, 0.29) is 5.91 Å². The molecule has 1 aliphatic heterocycles. The molecule has 2 unspecified atom stereocenters. The number of hydrogen-bond donors (Lipinski definition) is 1. The van der Waals surface area contributed by atoms with Crippen molar-refractivity contribution in [2.24, 2.45) is 5.73 Å². The summed E-state index contributed by atoms with van der Waals surface area (Å²) in [5.74, 6) is 1.61. The maximum atomic E-state index is 12.8. The summed E-state index contributed by atoms with van der Waals surface area (Å²) in [6.45, 7) is 7.27. The first-order valence-electron chi connectivity index (χ1n) is 10.2. The van der Waals surface area contributed by atoms with Gasteiger partial charge in [-0.15, -0.1) is 0 Å². The number of piperazine rings is 1. The van der Waals surface area contributed by atoms with E-state index in [1.807, 2.05) is 4.90 Å². The number of carbonyl (C=O) groups is 1. The Morgan fingerprint density at radius 2 is 1.89 bits per heavy atom. The molecular formula is C22H29N5O. The molecule has 2 aliphatic rings. The second kappa shape index (κ2) is 7.87. The summed E-state index contributed by atoms with van der Waals surface area (Å²) >= 11 is 0. The van der Waals surface area contributed by atoms with E-state index in [1.54, 1.807) is 6.33 Å². The number of nitrogens with two attached hydrogens (primary N) is 1. The van der Waals surface area contributed by atoms with E-state index in [2.05, 4.69) is 53.0 Å². The topological polar surface area (TPSA) is 75.4 Å². The Morgan fingerprint density at radius 1 is 1.18 bits per heavy atom. The van der Waals surface area contributed by atoms with Gasteiger partial charge in [0.25, 0.3) is 0 Å². The molecule has 1 aliphatic carbocycles. The number of aromatic nitrogens is 2. The summed E-state index contributed by atoms with van der Waals surface area (Å²) in [7, 11) is 0. The minimum absolute atomic E-state index is 0.0431. The van der Waals surface area contributed by atoms with Gasteiger partial charge in [-0.1, -0.05) is 36.8 Å². The largest absolute Gasteiger partial charge is 0.353 e. The van der Waals surface area contributed by atoms with Gasteiger partial charge in [0.15, 0.2) is 0 Å². The number of carbonyl (C=O) groups excluding carboxylic acids is 1. The van der Waals surface area contributed by atoms with Crippen LogP contribution in [0, 0.1) is 6.92 Å². The molecule has 2 heterocycles. The Labute approximate surface area is 166 Å². The number of nitrogens with zero attached hydrogens (tertiary/aromatic N) is 4. The van der Waals surface area contributed by atoms with Gasteiger partial charge in [0.2, 0.25) is 5.91 Å². The number of fused-ring (bicyclic) bond motifs is 1. The maximum absolute atomic E-state index is 12.8. The first-order valence-corrected chi connectivity index (χ1v) is 10.2. The van der Waals surface area contributed by atoms with E-state index in [1.165, 1.54) is 16.8 Å². The molecule has 1 fully saturated rings. The summed E-state index contributed by atoms with van der Waals surface area (Å²) in [6.07, 6.45) is 4.45. The number of rotatable bonds is 4. The molecule has 1 saturated heterocycles.